The largest absolute Gasteiger partial charge is 0.496 e. The second-order valence-corrected chi connectivity index (χ2v) is 6.00. The molecular formula is C19H29NO2. The molecule has 0 saturated carbocycles. The van der Waals surface area contributed by atoms with Crippen LogP contribution in [0.3, 0.4) is 0 Å². The van der Waals surface area contributed by atoms with Gasteiger partial charge in [0.25, 0.3) is 0 Å². The lowest BCUT2D eigenvalue weighted by Gasteiger charge is -2.05. The maximum absolute atomic E-state index is 8.73. The van der Waals surface area contributed by atoms with Gasteiger partial charge in [-0.3, -0.25) is 0 Å². The molecule has 0 fully saturated rings. The second kappa shape index (κ2) is 9.52. The van der Waals surface area contributed by atoms with Gasteiger partial charge >= 0.3 is 0 Å². The number of aromatic nitrogens is 1. The van der Waals surface area contributed by atoms with Gasteiger partial charge in [-0.15, -0.1) is 0 Å². The third kappa shape index (κ3) is 4.77. The molecule has 0 amide bonds. The van der Waals surface area contributed by atoms with E-state index < -0.39 is 0 Å². The molecule has 2 aromatic rings. The van der Waals surface area contributed by atoms with Crippen molar-refractivity contribution < 1.29 is 9.84 Å². The predicted octanol–water partition coefficient (Wildman–Crippen LogP) is 4.83. The third-order valence-corrected chi connectivity index (χ3v) is 4.32. The molecule has 2 N–H and O–H groups in total. The number of unbranched alkanes of at least 4 members (excludes halogenated alkanes) is 7. The summed E-state index contributed by atoms with van der Waals surface area (Å²) in [4.78, 5) is 3.34. The van der Waals surface area contributed by atoms with Crippen LogP contribution in [0.5, 0.6) is 5.75 Å². The average Bonchev–Trinajstić information content (AvgIpc) is 2.96. The van der Waals surface area contributed by atoms with Crippen LogP contribution in [0.2, 0.25) is 0 Å². The number of fused-ring (bicyclic) bond motifs is 1. The lowest BCUT2D eigenvalue weighted by molar-refractivity contribution is 0.282. The van der Waals surface area contributed by atoms with Crippen LogP contribution in [0.15, 0.2) is 24.4 Å². The number of methoxy groups -OCH3 is 1. The highest BCUT2D eigenvalue weighted by atomic mass is 16.5. The lowest BCUT2D eigenvalue weighted by atomic mass is 10.0. The molecule has 2 rings (SSSR count). The molecule has 1 heterocycles. The Balaban J connectivity index is 1.69. The van der Waals surface area contributed by atoms with Crippen molar-refractivity contribution in [2.75, 3.05) is 13.7 Å². The highest BCUT2D eigenvalue weighted by Gasteiger charge is 2.08. The Morgan fingerprint density at radius 1 is 0.955 bits per heavy atom. The molecule has 0 bridgehead atoms. The molecule has 0 saturated heterocycles. The fourth-order valence-electron chi connectivity index (χ4n) is 3.07. The minimum Gasteiger partial charge on any atom is -0.496 e. The number of hydrogen-bond acceptors (Lipinski definition) is 2. The van der Waals surface area contributed by atoms with Crippen LogP contribution in [0.25, 0.3) is 10.9 Å². The number of hydrogen-bond donors (Lipinski definition) is 2. The van der Waals surface area contributed by atoms with Crippen LogP contribution in [-0.4, -0.2) is 23.8 Å². The molecule has 0 atom stereocenters. The van der Waals surface area contributed by atoms with Gasteiger partial charge in [0.15, 0.2) is 0 Å². The summed E-state index contributed by atoms with van der Waals surface area (Å²) in [5.41, 5.74) is 2.54. The Hall–Kier alpha value is -1.48. The highest BCUT2D eigenvalue weighted by Crippen LogP contribution is 2.29. The Kier molecular flexibility index (Phi) is 7.31. The van der Waals surface area contributed by atoms with Gasteiger partial charge in [0.1, 0.15) is 5.75 Å². The summed E-state index contributed by atoms with van der Waals surface area (Å²) in [6.07, 6.45) is 13.1. The van der Waals surface area contributed by atoms with Gasteiger partial charge < -0.3 is 14.8 Å². The molecule has 1 aromatic carbocycles. The topological polar surface area (TPSA) is 45.2 Å². The van der Waals surface area contributed by atoms with Gasteiger partial charge in [0.05, 0.1) is 7.11 Å². The predicted molar refractivity (Wildman–Crippen MR) is 92.6 cm³/mol. The standard InChI is InChI=1S/C19H29NO2/c1-22-18-13-10-12-17-19(18)16(15-20-17)11-8-6-4-2-3-5-7-9-14-21/h10,12-13,15,20-21H,2-9,11,14H2,1H3. The van der Waals surface area contributed by atoms with Crippen LogP contribution >= 0.6 is 0 Å². The Bertz CT molecular complexity index is 547. The lowest BCUT2D eigenvalue weighted by Crippen LogP contribution is -1.88. The van der Waals surface area contributed by atoms with Gasteiger partial charge in [-0.05, 0) is 37.0 Å². The van der Waals surface area contributed by atoms with Crippen molar-refractivity contribution in [1.82, 2.24) is 4.98 Å². The van der Waals surface area contributed by atoms with Crippen LogP contribution < -0.4 is 4.74 Å². The fraction of sp³-hybridized carbons (Fsp3) is 0.579. The number of aliphatic hydroxyl groups excluding tert-OH is 1. The normalized spacial score (nSPS) is 11.2. The van der Waals surface area contributed by atoms with E-state index in [1.807, 2.05) is 12.1 Å². The maximum Gasteiger partial charge on any atom is 0.128 e. The van der Waals surface area contributed by atoms with Crippen LogP contribution in [0.4, 0.5) is 0 Å². The van der Waals surface area contributed by atoms with Crippen molar-refractivity contribution in [1.29, 1.82) is 0 Å². The zero-order valence-electron chi connectivity index (χ0n) is 13.7. The highest BCUT2D eigenvalue weighted by molar-refractivity contribution is 5.89. The minimum atomic E-state index is 0.341. The number of aryl methyl sites for hydroxylation is 1. The van der Waals surface area contributed by atoms with E-state index in [2.05, 4.69) is 17.2 Å². The van der Waals surface area contributed by atoms with E-state index in [9.17, 15) is 0 Å². The van der Waals surface area contributed by atoms with E-state index in [-0.39, 0.29) is 0 Å². The molecule has 1 aromatic heterocycles. The summed E-state index contributed by atoms with van der Waals surface area (Å²) in [5.74, 6) is 0.970. The number of nitrogens with one attached hydrogen (secondary N) is 1. The van der Waals surface area contributed by atoms with E-state index in [4.69, 9.17) is 9.84 Å². The number of ether oxygens (including phenoxy) is 1. The van der Waals surface area contributed by atoms with Crippen LogP contribution in [0.1, 0.15) is 56.9 Å². The van der Waals surface area contributed by atoms with Crippen molar-refractivity contribution in [3.63, 3.8) is 0 Å². The Morgan fingerprint density at radius 2 is 1.64 bits per heavy atom. The zero-order valence-corrected chi connectivity index (χ0v) is 13.7. The molecule has 0 radical (unpaired) electrons. The summed E-state index contributed by atoms with van der Waals surface area (Å²) in [6, 6.07) is 6.16. The number of aromatic amines is 1. The van der Waals surface area contributed by atoms with Gasteiger partial charge in [-0.25, -0.2) is 0 Å². The minimum absolute atomic E-state index is 0.341. The molecule has 0 spiro atoms. The third-order valence-electron chi connectivity index (χ3n) is 4.32. The quantitative estimate of drug-likeness (QED) is 0.584. The maximum atomic E-state index is 8.73. The average molecular weight is 303 g/mol. The van der Waals surface area contributed by atoms with Gasteiger partial charge in [0.2, 0.25) is 0 Å². The Morgan fingerprint density at radius 3 is 2.32 bits per heavy atom. The van der Waals surface area contributed by atoms with Gasteiger partial charge in [0, 0.05) is 23.7 Å². The summed E-state index contributed by atoms with van der Waals surface area (Å²) in [6.45, 7) is 0.341. The first-order valence-corrected chi connectivity index (χ1v) is 8.60. The smallest absolute Gasteiger partial charge is 0.128 e. The van der Waals surface area contributed by atoms with Crippen molar-refractivity contribution in [3.05, 3.63) is 30.0 Å². The SMILES string of the molecule is COc1cccc2[nH]cc(CCCCCCCCCCO)c12. The molecule has 0 aliphatic carbocycles. The zero-order chi connectivity index (χ0) is 15.6. The molecule has 0 aliphatic heterocycles. The van der Waals surface area contributed by atoms with E-state index >= 15 is 0 Å². The van der Waals surface area contributed by atoms with Crippen molar-refractivity contribution in [2.24, 2.45) is 0 Å². The second-order valence-electron chi connectivity index (χ2n) is 6.00. The molecular weight excluding hydrogens is 274 g/mol. The molecule has 122 valence electrons. The van der Waals surface area contributed by atoms with Crippen molar-refractivity contribution >= 4 is 10.9 Å². The van der Waals surface area contributed by atoms with Crippen molar-refractivity contribution in [3.8, 4) is 5.75 Å². The summed E-state index contributed by atoms with van der Waals surface area (Å²) in [7, 11) is 1.74. The molecule has 22 heavy (non-hydrogen) atoms. The number of aliphatic hydroxyl groups is 1. The monoisotopic (exact) mass is 303 g/mol. The van der Waals surface area contributed by atoms with Crippen molar-refractivity contribution in [2.45, 2.75) is 57.8 Å². The molecule has 3 nitrogen and oxygen atoms in total. The fourth-order valence-corrected chi connectivity index (χ4v) is 3.07. The first-order valence-electron chi connectivity index (χ1n) is 8.60. The molecule has 0 unspecified atom stereocenters. The number of H-pyrrole nitrogens is 1. The summed E-state index contributed by atoms with van der Waals surface area (Å²) < 4.78 is 5.48. The number of benzene rings is 1. The first-order chi connectivity index (χ1) is 10.9. The van der Waals surface area contributed by atoms with E-state index in [1.54, 1.807) is 7.11 Å². The first kappa shape index (κ1) is 16.9. The molecule has 3 heteroatoms. The van der Waals surface area contributed by atoms with E-state index in [0.29, 0.717) is 6.61 Å². The van der Waals surface area contributed by atoms with Crippen LogP contribution in [-0.2, 0) is 6.42 Å². The van der Waals surface area contributed by atoms with E-state index in [0.717, 1.165) is 18.6 Å². The van der Waals surface area contributed by atoms with E-state index in [1.165, 1.54) is 61.4 Å². The molecule has 0 aliphatic rings. The Labute approximate surface area is 133 Å². The van der Waals surface area contributed by atoms with Gasteiger partial charge in [-0.1, -0.05) is 44.6 Å². The van der Waals surface area contributed by atoms with Crippen LogP contribution in [0, 0.1) is 0 Å². The summed E-state index contributed by atoms with van der Waals surface area (Å²) >= 11 is 0. The number of rotatable bonds is 11. The van der Waals surface area contributed by atoms with Gasteiger partial charge in [-0.2, -0.15) is 0 Å². The summed E-state index contributed by atoms with van der Waals surface area (Å²) in [5, 5.41) is 9.97.